The molecule has 0 amide bonds. The molecular formula is C61H40N2O2. The van der Waals surface area contributed by atoms with Crippen molar-refractivity contribution >= 4 is 38.9 Å². The summed E-state index contributed by atoms with van der Waals surface area (Å²) in [6, 6.07) is 87.1. The van der Waals surface area contributed by atoms with E-state index >= 15 is 0 Å². The average Bonchev–Trinajstić information content (AvgIpc) is 3.87. The van der Waals surface area contributed by atoms with Crippen LogP contribution in [0.4, 0.5) is 17.1 Å². The lowest BCUT2D eigenvalue weighted by atomic mass is 9.67. The van der Waals surface area contributed by atoms with Gasteiger partial charge in [0, 0.05) is 39.1 Å². The largest absolute Gasteiger partial charge is 0.449 e. The summed E-state index contributed by atoms with van der Waals surface area (Å²) in [7, 11) is 0. The Labute approximate surface area is 377 Å². The van der Waals surface area contributed by atoms with E-state index < -0.39 is 5.41 Å². The van der Waals surface area contributed by atoms with Crippen LogP contribution in [0.1, 0.15) is 22.3 Å². The fourth-order valence-electron chi connectivity index (χ4n) is 10.5. The number of aromatic nitrogens is 1. The van der Waals surface area contributed by atoms with Crippen molar-refractivity contribution in [3.63, 3.8) is 0 Å². The van der Waals surface area contributed by atoms with Gasteiger partial charge in [0.2, 0.25) is 0 Å². The smallest absolute Gasteiger partial charge is 0.177 e. The molecule has 0 unspecified atom stereocenters. The molecule has 0 saturated heterocycles. The monoisotopic (exact) mass is 832 g/mol. The third-order valence-corrected chi connectivity index (χ3v) is 13.3. The second-order valence-electron chi connectivity index (χ2n) is 16.8. The Morgan fingerprint density at radius 1 is 0.354 bits per heavy atom. The van der Waals surface area contributed by atoms with Crippen LogP contribution in [0.3, 0.4) is 0 Å². The van der Waals surface area contributed by atoms with Crippen LogP contribution in [0.2, 0.25) is 0 Å². The molecule has 0 N–H and O–H groups in total. The second-order valence-corrected chi connectivity index (χ2v) is 16.8. The average molecular weight is 833 g/mol. The van der Waals surface area contributed by atoms with Crippen LogP contribution in [-0.2, 0) is 5.41 Å². The predicted octanol–water partition coefficient (Wildman–Crippen LogP) is 16.2. The minimum atomic E-state index is -0.542. The molecule has 65 heavy (non-hydrogen) atoms. The Balaban J connectivity index is 1.02. The molecule has 13 rings (SSSR count). The Hall–Kier alpha value is -8.60. The highest BCUT2D eigenvalue weighted by molar-refractivity contribution is 6.10. The Morgan fingerprint density at radius 2 is 0.908 bits per heavy atom. The first-order chi connectivity index (χ1) is 32.2. The third kappa shape index (κ3) is 5.71. The maximum Gasteiger partial charge on any atom is 0.177 e. The zero-order chi connectivity index (χ0) is 42.9. The van der Waals surface area contributed by atoms with Crippen molar-refractivity contribution in [2.75, 3.05) is 4.90 Å². The fraction of sp³-hybridized carbons (Fsp3) is 0.0164. The van der Waals surface area contributed by atoms with Crippen molar-refractivity contribution in [2.24, 2.45) is 0 Å². The molecule has 1 aromatic heterocycles. The molecule has 0 atom stereocenters. The summed E-state index contributed by atoms with van der Waals surface area (Å²) in [5, 5.41) is 2.39. The molecule has 4 nitrogen and oxygen atoms in total. The van der Waals surface area contributed by atoms with E-state index in [1.165, 1.54) is 49.7 Å². The number of rotatable bonds is 7. The highest BCUT2D eigenvalue weighted by atomic mass is 16.6. The van der Waals surface area contributed by atoms with Gasteiger partial charge >= 0.3 is 0 Å². The van der Waals surface area contributed by atoms with Crippen LogP contribution in [0.15, 0.2) is 243 Å². The molecule has 0 radical (unpaired) electrons. The van der Waals surface area contributed by atoms with Gasteiger partial charge in [-0.25, -0.2) is 0 Å². The van der Waals surface area contributed by atoms with E-state index in [-0.39, 0.29) is 0 Å². The lowest BCUT2D eigenvalue weighted by Gasteiger charge is -2.35. The molecule has 0 fully saturated rings. The Morgan fingerprint density at radius 3 is 1.68 bits per heavy atom. The van der Waals surface area contributed by atoms with Gasteiger partial charge in [-0.1, -0.05) is 164 Å². The summed E-state index contributed by atoms with van der Waals surface area (Å²) in [5.74, 6) is 2.84. The minimum Gasteiger partial charge on any atom is -0.449 e. The van der Waals surface area contributed by atoms with Crippen LogP contribution >= 0.6 is 0 Å². The first-order valence-corrected chi connectivity index (χ1v) is 22.2. The van der Waals surface area contributed by atoms with Gasteiger partial charge in [0.15, 0.2) is 23.0 Å². The van der Waals surface area contributed by atoms with Gasteiger partial charge in [0.25, 0.3) is 0 Å². The number of para-hydroxylation sites is 5. The van der Waals surface area contributed by atoms with Crippen LogP contribution in [0, 0.1) is 0 Å². The normalized spacial score (nSPS) is 13.0. The molecule has 0 bridgehead atoms. The number of ether oxygens (including phenoxy) is 2. The van der Waals surface area contributed by atoms with Gasteiger partial charge in [0.05, 0.1) is 16.4 Å². The summed E-state index contributed by atoms with van der Waals surface area (Å²) in [6.45, 7) is 0. The molecule has 306 valence electrons. The van der Waals surface area contributed by atoms with Gasteiger partial charge in [-0.2, -0.15) is 0 Å². The van der Waals surface area contributed by atoms with Gasteiger partial charge in [-0.3, -0.25) is 0 Å². The lowest BCUT2D eigenvalue weighted by molar-refractivity contribution is 0.361. The maximum absolute atomic E-state index is 6.51. The third-order valence-electron chi connectivity index (χ3n) is 13.3. The van der Waals surface area contributed by atoms with E-state index in [2.05, 4.69) is 216 Å². The number of anilines is 3. The van der Waals surface area contributed by atoms with Gasteiger partial charge in [0.1, 0.15) is 0 Å². The molecule has 2 aliphatic rings. The number of hydrogen-bond donors (Lipinski definition) is 0. The number of benzene rings is 10. The minimum absolute atomic E-state index is 0.542. The highest BCUT2D eigenvalue weighted by Crippen LogP contribution is 2.57. The molecule has 11 aromatic rings. The van der Waals surface area contributed by atoms with Crippen molar-refractivity contribution in [2.45, 2.75) is 5.41 Å². The molecular weight excluding hydrogens is 793 g/mol. The summed E-state index contributed by atoms with van der Waals surface area (Å²) >= 11 is 0. The number of fused-ring (bicyclic) bond motifs is 8. The van der Waals surface area contributed by atoms with Gasteiger partial charge in [-0.05, 0) is 118 Å². The molecule has 10 aromatic carbocycles. The molecule has 1 aliphatic heterocycles. The van der Waals surface area contributed by atoms with Crippen molar-refractivity contribution < 1.29 is 9.47 Å². The first kappa shape index (κ1) is 37.0. The van der Waals surface area contributed by atoms with Crippen LogP contribution in [0.25, 0.3) is 49.7 Å². The van der Waals surface area contributed by atoms with Gasteiger partial charge < -0.3 is 18.9 Å². The summed E-state index contributed by atoms with van der Waals surface area (Å²) in [6.07, 6.45) is 0. The quantitative estimate of drug-likeness (QED) is 0.160. The predicted molar refractivity (Wildman–Crippen MR) is 265 cm³/mol. The van der Waals surface area contributed by atoms with E-state index in [1.807, 2.05) is 36.4 Å². The lowest BCUT2D eigenvalue weighted by Crippen LogP contribution is -2.28. The van der Waals surface area contributed by atoms with Crippen molar-refractivity contribution in [1.29, 1.82) is 0 Å². The molecule has 0 spiro atoms. The van der Waals surface area contributed by atoms with Crippen molar-refractivity contribution in [3.8, 4) is 50.9 Å². The zero-order valence-electron chi connectivity index (χ0n) is 35.3. The standard InChI is InChI=1S/C61H40N2O2/c1-4-17-42(18-5-1)61(43-19-6-2-7-20-43)53-26-12-10-23-49(53)50-37-35-47(40-54(50)61)62(46-36-38-56-52(39-46)51-24-11-13-27-55(51)63(56)44-21-8-3-9-22-44)45-33-31-41(32-34-45)48-25-16-30-59-60(48)65-58-29-15-14-28-57(58)64-59/h1-40H. The Kier molecular flexibility index (Phi) is 8.40. The molecule has 1 aliphatic carbocycles. The van der Waals surface area contributed by atoms with E-state index in [9.17, 15) is 0 Å². The summed E-state index contributed by atoms with van der Waals surface area (Å²) < 4.78 is 15.2. The van der Waals surface area contributed by atoms with Crippen LogP contribution in [0.5, 0.6) is 23.0 Å². The van der Waals surface area contributed by atoms with Crippen molar-refractivity contribution in [1.82, 2.24) is 4.57 Å². The SMILES string of the molecule is c1ccc(-n2c3ccccc3c3cc(N(c4ccc(-c5cccc6c5Oc5ccccc5O6)cc4)c4ccc5c(c4)C(c4ccccc4)(c4ccccc4)c4ccccc4-5)ccc32)cc1. The van der Waals surface area contributed by atoms with E-state index in [1.54, 1.807) is 0 Å². The number of hydrogen-bond acceptors (Lipinski definition) is 3. The maximum atomic E-state index is 6.51. The van der Waals surface area contributed by atoms with E-state index in [0.29, 0.717) is 23.0 Å². The van der Waals surface area contributed by atoms with Gasteiger partial charge in [-0.15, -0.1) is 0 Å². The zero-order valence-corrected chi connectivity index (χ0v) is 35.3. The Bertz CT molecular complexity index is 3560. The number of nitrogens with zero attached hydrogens (tertiary/aromatic N) is 2. The topological polar surface area (TPSA) is 26.6 Å². The first-order valence-electron chi connectivity index (χ1n) is 22.2. The van der Waals surface area contributed by atoms with E-state index in [4.69, 9.17) is 9.47 Å². The molecule has 4 heteroatoms. The van der Waals surface area contributed by atoms with Crippen molar-refractivity contribution in [3.05, 3.63) is 265 Å². The van der Waals surface area contributed by atoms with Crippen LogP contribution < -0.4 is 14.4 Å². The fourth-order valence-corrected chi connectivity index (χ4v) is 10.5. The molecule has 2 heterocycles. The molecule has 0 saturated carbocycles. The second kappa shape index (κ2) is 14.8. The van der Waals surface area contributed by atoms with E-state index in [0.717, 1.165) is 39.4 Å². The summed E-state index contributed by atoms with van der Waals surface area (Å²) in [4.78, 5) is 2.41. The van der Waals surface area contributed by atoms with Crippen LogP contribution in [-0.4, -0.2) is 4.57 Å². The summed E-state index contributed by atoms with van der Waals surface area (Å²) in [5.41, 5.74) is 15.6. The highest BCUT2D eigenvalue weighted by Gasteiger charge is 2.46.